The van der Waals surface area contributed by atoms with E-state index in [1.807, 2.05) is 32.3 Å². The Morgan fingerprint density at radius 1 is 0.556 bits per heavy atom. The number of hydrazine groups is 1. The van der Waals surface area contributed by atoms with E-state index in [-0.39, 0.29) is 102 Å². The molecule has 0 saturated carbocycles. The molecule has 0 fully saturated rings. The van der Waals surface area contributed by atoms with Crippen LogP contribution < -0.4 is 39.5 Å². The number of nitrogens with one attached hydrogen (secondary N) is 2. The normalized spacial score (nSPS) is 11.5. The highest BCUT2D eigenvalue weighted by molar-refractivity contribution is 9.10. The molecule has 0 spiro atoms. The molecular weight excluding hydrogens is 1540 g/mol. The van der Waals surface area contributed by atoms with Gasteiger partial charge in [-0.25, -0.2) is 75.8 Å². The summed E-state index contributed by atoms with van der Waals surface area (Å²) in [6, 6.07) is 29.2. The minimum Gasteiger partial charge on any atom is -0.507 e. The summed E-state index contributed by atoms with van der Waals surface area (Å²) in [5.74, 6) is 4.03. The Bertz CT molecular complexity index is 5460. The van der Waals surface area contributed by atoms with Crippen LogP contribution in [0.1, 0.15) is 95.3 Å². The number of methoxy groups -OCH3 is 1. The van der Waals surface area contributed by atoms with Gasteiger partial charge in [-0.3, -0.25) is 15.0 Å². The van der Waals surface area contributed by atoms with Crippen LogP contribution in [-0.4, -0.2) is 144 Å². The van der Waals surface area contributed by atoms with Crippen molar-refractivity contribution in [3.05, 3.63) is 161 Å². The highest BCUT2D eigenvalue weighted by atomic mass is 79.9. The van der Waals surface area contributed by atoms with E-state index in [4.69, 9.17) is 53.9 Å². The number of aromatic nitrogens is 12. The van der Waals surface area contributed by atoms with E-state index >= 15 is 0 Å². The molecule has 0 aliphatic rings. The number of anilines is 5. The molecule has 0 unspecified atom stereocenters. The molecule has 0 bridgehead atoms. The Morgan fingerprint density at radius 3 is 1.37 bits per heavy atom. The maximum Gasteiger partial charge on any atom is 0.360 e. The van der Waals surface area contributed by atoms with Gasteiger partial charge in [0.1, 0.15) is 16.0 Å². The fourth-order valence-corrected chi connectivity index (χ4v) is 13.0. The average molecular weight is 1620 g/mol. The Hall–Kier alpha value is -11.5. The summed E-state index contributed by atoms with van der Waals surface area (Å²) in [6.07, 6.45) is 6.45. The summed E-state index contributed by atoms with van der Waals surface area (Å²) >= 11 is 9.56. The quantitative estimate of drug-likeness (QED) is 0.0161. The lowest BCUT2D eigenvalue weighted by molar-refractivity contribution is -0.154. The first-order valence-corrected chi connectivity index (χ1v) is 38.2. The monoisotopic (exact) mass is 1620 g/mol. The fourth-order valence-electron chi connectivity index (χ4n) is 9.30. The van der Waals surface area contributed by atoms with Gasteiger partial charge in [0, 0.05) is 41.9 Å². The Morgan fingerprint density at radius 2 is 0.963 bits per heavy atom. The number of rotatable bonds is 19. The van der Waals surface area contributed by atoms with Crippen molar-refractivity contribution in [3.63, 3.8) is 0 Å². The third-order valence-electron chi connectivity index (χ3n) is 15.3. The number of sulfone groups is 3. The number of amides is 1. The van der Waals surface area contributed by atoms with E-state index in [2.05, 4.69) is 86.3 Å². The van der Waals surface area contributed by atoms with E-state index in [9.17, 15) is 44.7 Å². The van der Waals surface area contributed by atoms with Crippen LogP contribution in [0.4, 0.5) is 29.0 Å². The van der Waals surface area contributed by atoms with Crippen LogP contribution in [0, 0.1) is 0 Å². The SMILES string of the molecule is CC(C)S(=O)(=O)c1ccc(-c2cnc(N)c(-c3nnc(-c4ccc(CCC(=O)OC(C)(C)C)cc4Cl)o3)n2)cc1.CC(C)S(=O)(=O)c1ccc(-c2cnc(N)c(C(=O)NN)n2)cc1.CNc1ccc(-c2nnc(-c3nc(-c4ccc(S(=O)(=O)C(C)C)cc4)cnc3N)o2)c(O)c1.COC(=O)c1nc(Br)cnc1N. The topological polar surface area (TPSA) is 527 Å². The van der Waals surface area contributed by atoms with E-state index < -0.39 is 62.7 Å². The van der Waals surface area contributed by atoms with Crippen LogP contribution in [-0.2, 0) is 50.2 Å². The third kappa shape index (κ3) is 20.1. The number of halogens is 2. The predicted octanol–water partition coefficient (Wildman–Crippen LogP) is 10.0. The second kappa shape index (κ2) is 34.8. The zero-order chi connectivity index (χ0) is 79.3. The highest BCUT2D eigenvalue weighted by Crippen LogP contribution is 2.36. The number of benzene rings is 5. The molecule has 0 aliphatic heterocycles. The number of esters is 2. The number of aromatic hydroxyl groups is 1. The number of phenols is 1. The fraction of sp³-hybridized carbons (Fsp3) is 0.243. The number of nitrogens with zero attached hydrogens (tertiary/aromatic N) is 12. The lowest BCUT2D eigenvalue weighted by Crippen LogP contribution is -2.31. The van der Waals surface area contributed by atoms with Gasteiger partial charge in [-0.2, -0.15) is 0 Å². The Balaban J connectivity index is 0.000000194. The van der Waals surface area contributed by atoms with Gasteiger partial charge in [0.05, 0.1) is 95.6 Å². The van der Waals surface area contributed by atoms with E-state index in [1.54, 1.807) is 109 Å². The number of hydrogen-bond acceptors (Lipinski definition) is 32. The summed E-state index contributed by atoms with van der Waals surface area (Å²) < 4.78 is 95.5. The molecular formula is C70H75BrClN19O14S3. The predicted molar refractivity (Wildman–Crippen MR) is 408 cm³/mol. The minimum atomic E-state index is -3.40. The van der Waals surface area contributed by atoms with Gasteiger partial charge in [0.15, 0.2) is 75.6 Å². The van der Waals surface area contributed by atoms with Crippen molar-refractivity contribution in [2.45, 2.75) is 111 Å². The molecule has 566 valence electrons. The molecule has 6 aromatic heterocycles. The molecule has 6 heterocycles. The van der Waals surface area contributed by atoms with Gasteiger partial charge in [-0.05, 0) is 151 Å². The zero-order valence-electron chi connectivity index (χ0n) is 59.8. The van der Waals surface area contributed by atoms with E-state index in [0.29, 0.717) is 60.9 Å². The zero-order valence-corrected chi connectivity index (χ0v) is 64.6. The number of nitrogens with two attached hydrogens (primary N) is 5. The van der Waals surface area contributed by atoms with Gasteiger partial charge in [-0.15, -0.1) is 20.4 Å². The lowest BCUT2D eigenvalue weighted by atomic mass is 10.1. The number of nitrogen functional groups attached to an aromatic ring is 5. The van der Waals surface area contributed by atoms with Gasteiger partial charge in [-0.1, -0.05) is 54.1 Å². The molecule has 38 heteroatoms. The van der Waals surface area contributed by atoms with Crippen molar-refractivity contribution >= 4 is 104 Å². The molecule has 5 aromatic carbocycles. The molecule has 0 atom stereocenters. The summed E-state index contributed by atoms with van der Waals surface area (Å²) in [7, 11) is -7.13. The van der Waals surface area contributed by atoms with Crippen LogP contribution in [0.5, 0.6) is 5.75 Å². The summed E-state index contributed by atoms with van der Waals surface area (Å²) in [4.78, 5) is 68.2. The Labute approximate surface area is 634 Å². The highest BCUT2D eigenvalue weighted by Gasteiger charge is 2.26. The summed E-state index contributed by atoms with van der Waals surface area (Å²) in [5.41, 5.74) is 30.3. The van der Waals surface area contributed by atoms with Gasteiger partial charge in [0.25, 0.3) is 23.6 Å². The number of hydrogen-bond donors (Lipinski definition) is 8. The first-order valence-electron chi connectivity index (χ1n) is 32.3. The second-order valence-corrected chi connectivity index (χ2v) is 33.7. The van der Waals surface area contributed by atoms with Crippen LogP contribution in [0.15, 0.2) is 162 Å². The third-order valence-corrected chi connectivity index (χ3v) is 22.5. The van der Waals surface area contributed by atoms with Crippen LogP contribution in [0.25, 0.3) is 79.8 Å². The first kappa shape index (κ1) is 82.1. The van der Waals surface area contributed by atoms with Crippen LogP contribution in [0.3, 0.4) is 0 Å². The minimum absolute atomic E-state index is 0.0203. The molecule has 11 rings (SSSR count). The number of carbonyl (C=O) groups excluding carboxylic acids is 3. The van der Waals surface area contributed by atoms with E-state index in [1.165, 1.54) is 74.4 Å². The lowest BCUT2D eigenvalue weighted by Gasteiger charge is -2.19. The van der Waals surface area contributed by atoms with Crippen molar-refractivity contribution in [2.75, 3.05) is 42.4 Å². The number of aryl methyl sites for hydroxylation is 1. The van der Waals surface area contributed by atoms with Crippen molar-refractivity contribution in [1.29, 1.82) is 0 Å². The van der Waals surface area contributed by atoms with E-state index in [0.717, 1.165) is 11.3 Å². The van der Waals surface area contributed by atoms with Gasteiger partial charge >= 0.3 is 11.9 Å². The molecule has 0 saturated heterocycles. The second-order valence-electron chi connectivity index (χ2n) is 24.9. The molecule has 0 radical (unpaired) electrons. The molecule has 1 amide bonds. The van der Waals surface area contributed by atoms with Gasteiger partial charge in [0.2, 0.25) is 5.89 Å². The smallest absolute Gasteiger partial charge is 0.360 e. The molecule has 11 aromatic rings. The maximum absolute atomic E-state index is 12.4. The Kier molecular flexibility index (Phi) is 26.5. The molecule has 33 nitrogen and oxygen atoms in total. The van der Waals surface area contributed by atoms with Crippen molar-refractivity contribution in [1.82, 2.24) is 65.7 Å². The summed E-state index contributed by atoms with van der Waals surface area (Å²) in [5, 5.41) is 28.2. The first-order chi connectivity index (χ1) is 50.9. The largest absolute Gasteiger partial charge is 0.507 e. The van der Waals surface area contributed by atoms with Gasteiger partial charge < -0.3 is 51.7 Å². The molecule has 108 heavy (non-hydrogen) atoms. The maximum atomic E-state index is 12.4. The molecule has 0 aliphatic carbocycles. The number of phenolic OH excluding ortho intramolecular Hbond substituents is 1. The number of ether oxygens (including phenoxy) is 2. The van der Waals surface area contributed by atoms with Crippen molar-refractivity contribution < 1.29 is 63.1 Å². The standard InChI is InChI=1S/C28H30ClN5O5S.C22H22N6O4S.C14H17N5O3S.C6H6BrN3O2/c1-16(2)40(36,37)19-10-8-18(9-11-19)22-15-31-25(30)24(32-22)27-34-33-26(38-27)20-12-6-17(14-21(20)29)7-13-23(35)39-28(3,4)5;1-12(2)33(30,31)15-7-4-13(5-8-15)17-11-25-20(23)19(26-17)22-28-27-21(32-22)16-9-6-14(24-3)10-18(16)29;1-8(2)23(21,22)10-5-3-9(4-6-10)11-7-17-13(15)12(18-11)14(20)19-16;1-12-6(11)4-5(8)9-2-3(7)10-4/h6,8-12,14-16H,7,13H2,1-5H3,(H2,30,31);4-12,24,29H,1-3H3,(H2,23,25);3-8H,16H2,1-2H3,(H2,15,17)(H,19,20);2H,1H3,(H2,8,9). The van der Waals surface area contributed by atoms with Crippen LogP contribution >= 0.6 is 27.5 Å². The average Bonchev–Trinajstić information content (AvgIpc) is 1.37. The van der Waals surface area contributed by atoms with Crippen molar-refractivity contribution in [2.24, 2.45) is 5.84 Å². The van der Waals surface area contributed by atoms with Crippen LogP contribution in [0.2, 0.25) is 5.02 Å². The molecule has 13 N–H and O–H groups in total. The number of carbonyl (C=O) groups is 3. The van der Waals surface area contributed by atoms with Crippen molar-refractivity contribution in [3.8, 4) is 85.6 Å². The summed E-state index contributed by atoms with van der Waals surface area (Å²) in [6.45, 7) is 15.2.